The van der Waals surface area contributed by atoms with Gasteiger partial charge in [-0.15, -0.1) is 0 Å². The Morgan fingerprint density at radius 2 is 2.19 bits per heavy atom. The van der Waals surface area contributed by atoms with Crippen molar-refractivity contribution in [2.24, 2.45) is 0 Å². The lowest BCUT2D eigenvalue weighted by Crippen LogP contribution is -2.46. The molecule has 5 nitrogen and oxygen atoms in total. The minimum absolute atomic E-state index is 0.225. The quantitative estimate of drug-likeness (QED) is 0.870. The van der Waals surface area contributed by atoms with Crippen molar-refractivity contribution in [1.82, 2.24) is 10.2 Å². The van der Waals surface area contributed by atoms with Crippen LogP contribution in [-0.4, -0.2) is 30.6 Å². The number of esters is 1. The minimum atomic E-state index is -0.719. The van der Waals surface area contributed by atoms with E-state index < -0.39 is 17.8 Å². The summed E-state index contributed by atoms with van der Waals surface area (Å²) in [6, 6.07) is 4.72. The summed E-state index contributed by atoms with van der Waals surface area (Å²) in [4.78, 5) is 25.4. The summed E-state index contributed by atoms with van der Waals surface area (Å²) in [6.45, 7) is 3.59. The molecule has 0 fully saturated rings. The average molecular weight is 292 g/mol. The first-order chi connectivity index (χ1) is 9.95. The molecule has 0 spiro atoms. The lowest BCUT2D eigenvalue weighted by Gasteiger charge is -2.33. The van der Waals surface area contributed by atoms with Gasteiger partial charge in [0.1, 0.15) is 5.82 Å². The summed E-state index contributed by atoms with van der Waals surface area (Å²) < 4.78 is 18.5. The molecule has 1 aromatic carbocycles. The second kappa shape index (κ2) is 5.95. The zero-order valence-electron chi connectivity index (χ0n) is 12.1. The zero-order chi connectivity index (χ0) is 15.6. The molecule has 0 aliphatic carbocycles. The van der Waals surface area contributed by atoms with Gasteiger partial charge < -0.3 is 15.0 Å². The van der Waals surface area contributed by atoms with Gasteiger partial charge in [-0.2, -0.15) is 0 Å². The number of hydrogen-bond donors (Lipinski definition) is 1. The molecule has 1 aromatic rings. The van der Waals surface area contributed by atoms with E-state index in [0.717, 1.165) is 0 Å². The van der Waals surface area contributed by atoms with Crippen LogP contribution in [0.2, 0.25) is 0 Å². The summed E-state index contributed by atoms with van der Waals surface area (Å²) in [5, 5.41) is 2.69. The van der Waals surface area contributed by atoms with Gasteiger partial charge in [-0.1, -0.05) is 12.1 Å². The van der Waals surface area contributed by atoms with Crippen molar-refractivity contribution in [3.63, 3.8) is 0 Å². The predicted octanol–water partition coefficient (Wildman–Crippen LogP) is 2.36. The number of benzene rings is 1. The van der Waals surface area contributed by atoms with E-state index in [2.05, 4.69) is 5.32 Å². The number of rotatable bonds is 3. The van der Waals surface area contributed by atoms with E-state index in [9.17, 15) is 14.0 Å². The minimum Gasteiger partial charge on any atom is -0.463 e. The Morgan fingerprint density at radius 1 is 1.48 bits per heavy atom. The van der Waals surface area contributed by atoms with Crippen LogP contribution in [0.15, 0.2) is 35.5 Å². The highest BCUT2D eigenvalue weighted by atomic mass is 19.1. The molecule has 0 unspecified atom stereocenters. The summed E-state index contributed by atoms with van der Waals surface area (Å²) in [5.41, 5.74) is 1.30. The number of nitrogens with one attached hydrogen (secondary N) is 1. The number of carbonyl (C=O) groups excluding carboxylic acids is 2. The van der Waals surface area contributed by atoms with Crippen molar-refractivity contribution in [3.8, 4) is 0 Å². The van der Waals surface area contributed by atoms with Gasteiger partial charge in [0.2, 0.25) is 0 Å². The molecule has 0 saturated carbocycles. The number of urea groups is 1. The number of allylic oxidation sites excluding steroid dienone is 1. The number of carbonyl (C=O) groups is 2. The van der Waals surface area contributed by atoms with E-state index in [1.165, 1.54) is 23.1 Å². The smallest absolute Gasteiger partial charge is 0.338 e. The van der Waals surface area contributed by atoms with Crippen molar-refractivity contribution in [3.05, 3.63) is 46.9 Å². The van der Waals surface area contributed by atoms with Gasteiger partial charge in [0.15, 0.2) is 0 Å². The third-order valence-electron chi connectivity index (χ3n) is 3.43. The van der Waals surface area contributed by atoms with Crippen LogP contribution in [0.3, 0.4) is 0 Å². The fraction of sp³-hybridized carbons (Fsp3) is 0.333. The van der Waals surface area contributed by atoms with E-state index in [0.29, 0.717) is 16.8 Å². The Hall–Kier alpha value is -2.37. The first kappa shape index (κ1) is 15.0. The highest BCUT2D eigenvalue weighted by molar-refractivity contribution is 5.94. The maximum absolute atomic E-state index is 13.4. The zero-order valence-corrected chi connectivity index (χ0v) is 12.1. The van der Waals surface area contributed by atoms with Crippen molar-refractivity contribution in [1.29, 1.82) is 0 Å². The lowest BCUT2D eigenvalue weighted by atomic mass is 9.95. The Kier molecular flexibility index (Phi) is 4.26. The van der Waals surface area contributed by atoms with E-state index in [4.69, 9.17) is 4.74 Å². The van der Waals surface area contributed by atoms with Crippen LogP contribution in [0.25, 0.3) is 0 Å². The monoisotopic (exact) mass is 292 g/mol. The molecule has 112 valence electrons. The molecule has 1 heterocycles. The van der Waals surface area contributed by atoms with E-state index >= 15 is 0 Å². The van der Waals surface area contributed by atoms with Crippen LogP contribution < -0.4 is 5.32 Å². The second-order valence-electron chi connectivity index (χ2n) is 4.72. The molecule has 1 atom stereocenters. The van der Waals surface area contributed by atoms with E-state index in [1.54, 1.807) is 27.0 Å². The fourth-order valence-corrected chi connectivity index (χ4v) is 2.24. The molecule has 0 bridgehead atoms. The van der Waals surface area contributed by atoms with Gasteiger partial charge in [0, 0.05) is 12.7 Å². The Bertz CT molecular complexity index is 613. The summed E-state index contributed by atoms with van der Waals surface area (Å²) in [5.74, 6) is -0.947. The van der Waals surface area contributed by atoms with Crippen LogP contribution in [-0.2, 0) is 9.53 Å². The molecule has 0 radical (unpaired) electrons. The molecular weight excluding hydrogens is 275 g/mol. The number of nitrogens with zero attached hydrogens (tertiary/aromatic N) is 1. The highest BCUT2D eigenvalue weighted by Gasteiger charge is 2.34. The van der Waals surface area contributed by atoms with Crippen molar-refractivity contribution >= 4 is 12.0 Å². The highest BCUT2D eigenvalue weighted by Crippen LogP contribution is 2.30. The first-order valence-electron chi connectivity index (χ1n) is 6.63. The topological polar surface area (TPSA) is 58.6 Å². The molecule has 2 amide bonds. The first-order valence-corrected chi connectivity index (χ1v) is 6.63. The predicted molar refractivity (Wildman–Crippen MR) is 74.8 cm³/mol. The number of ether oxygens (including phenoxy) is 1. The van der Waals surface area contributed by atoms with Crippen molar-refractivity contribution in [2.45, 2.75) is 19.9 Å². The molecule has 1 N–H and O–H groups in total. The van der Waals surface area contributed by atoms with Crippen LogP contribution >= 0.6 is 0 Å². The summed E-state index contributed by atoms with van der Waals surface area (Å²) in [7, 11) is 1.56. The van der Waals surface area contributed by atoms with Crippen molar-refractivity contribution < 1.29 is 18.7 Å². The van der Waals surface area contributed by atoms with Gasteiger partial charge in [-0.05, 0) is 31.5 Å². The van der Waals surface area contributed by atoms with Crippen LogP contribution in [0.5, 0.6) is 0 Å². The molecule has 2 rings (SSSR count). The van der Waals surface area contributed by atoms with E-state index in [1.807, 2.05) is 0 Å². The van der Waals surface area contributed by atoms with Crippen LogP contribution in [0.4, 0.5) is 9.18 Å². The van der Waals surface area contributed by atoms with Gasteiger partial charge >= 0.3 is 12.0 Å². The normalized spacial score (nSPS) is 18.6. The Morgan fingerprint density at radius 3 is 2.81 bits per heavy atom. The fourth-order valence-electron chi connectivity index (χ4n) is 2.24. The van der Waals surface area contributed by atoms with Gasteiger partial charge in [-0.25, -0.2) is 14.0 Å². The standard InChI is InChI=1S/C15H17FN2O3/c1-4-21-14(19)12-9(2)18(3)15(20)17-13(12)10-6-5-7-11(16)8-10/h5-8,13H,4H2,1-3H3,(H,17,20)/t13-/m0/s1. The van der Waals surface area contributed by atoms with Gasteiger partial charge in [-0.3, -0.25) is 0 Å². The molecular formula is C15H17FN2O3. The van der Waals surface area contributed by atoms with Gasteiger partial charge in [0.25, 0.3) is 0 Å². The SMILES string of the molecule is CCOC(=O)C1=C(C)N(C)C(=O)N[C@H]1c1cccc(F)c1. The molecule has 0 aromatic heterocycles. The van der Waals surface area contributed by atoms with Crippen LogP contribution in [0, 0.1) is 5.82 Å². The molecule has 0 saturated heterocycles. The van der Waals surface area contributed by atoms with Gasteiger partial charge in [0.05, 0.1) is 18.2 Å². The molecule has 6 heteroatoms. The largest absolute Gasteiger partial charge is 0.463 e. The average Bonchev–Trinajstić information content (AvgIpc) is 2.44. The Balaban J connectivity index is 2.51. The van der Waals surface area contributed by atoms with E-state index in [-0.39, 0.29) is 12.6 Å². The third-order valence-corrected chi connectivity index (χ3v) is 3.43. The third kappa shape index (κ3) is 2.89. The number of halogens is 1. The Labute approximate surface area is 122 Å². The maximum Gasteiger partial charge on any atom is 0.338 e. The summed E-state index contributed by atoms with van der Waals surface area (Å²) >= 11 is 0. The maximum atomic E-state index is 13.4. The lowest BCUT2D eigenvalue weighted by molar-refractivity contribution is -0.139. The molecule has 1 aliphatic rings. The van der Waals surface area contributed by atoms with Crippen molar-refractivity contribution in [2.75, 3.05) is 13.7 Å². The number of amides is 2. The van der Waals surface area contributed by atoms with Crippen LogP contribution in [0.1, 0.15) is 25.5 Å². The molecule has 21 heavy (non-hydrogen) atoms. The number of hydrogen-bond acceptors (Lipinski definition) is 3. The second-order valence-corrected chi connectivity index (χ2v) is 4.72. The molecule has 1 aliphatic heterocycles. The summed E-state index contributed by atoms with van der Waals surface area (Å²) in [6.07, 6.45) is 0.